The van der Waals surface area contributed by atoms with E-state index in [9.17, 15) is 4.57 Å². The van der Waals surface area contributed by atoms with Crippen molar-refractivity contribution >= 4 is 8.25 Å². The average Bonchev–Trinajstić information content (AvgIpc) is 2.58. The van der Waals surface area contributed by atoms with E-state index in [1.807, 2.05) is 0 Å². The van der Waals surface area contributed by atoms with E-state index < -0.39 is 8.25 Å². The summed E-state index contributed by atoms with van der Waals surface area (Å²) >= 11 is 0. The van der Waals surface area contributed by atoms with Gasteiger partial charge in [-0.25, -0.2) is 0 Å². The summed E-state index contributed by atoms with van der Waals surface area (Å²) in [6.45, 7) is 10.1. The van der Waals surface area contributed by atoms with Crippen molar-refractivity contribution in [3.05, 3.63) is 0 Å². The molecule has 4 heteroatoms. The van der Waals surface area contributed by atoms with E-state index in [0.29, 0.717) is 25.0 Å². The Morgan fingerprint density at radius 2 is 1.04 bits per heavy atom. The summed E-state index contributed by atoms with van der Waals surface area (Å²) in [6.07, 6.45) is 14.6. The molecule has 0 N–H and O–H groups in total. The Kier molecular flexibility index (Phi) is 18.1. The second kappa shape index (κ2) is 18.0. The topological polar surface area (TPSA) is 35.5 Å². The van der Waals surface area contributed by atoms with Gasteiger partial charge in [0.15, 0.2) is 0 Å². The molecule has 0 bridgehead atoms. The highest BCUT2D eigenvalue weighted by molar-refractivity contribution is 7.33. The van der Waals surface area contributed by atoms with Crippen molar-refractivity contribution in [1.29, 1.82) is 0 Å². The van der Waals surface area contributed by atoms with Crippen LogP contribution in [0.25, 0.3) is 0 Å². The van der Waals surface area contributed by atoms with E-state index >= 15 is 0 Å². The number of unbranched alkanes of at least 4 members (excludes halogenated alkanes) is 4. The van der Waals surface area contributed by atoms with Gasteiger partial charge in [0.2, 0.25) is 0 Å². The molecule has 0 aromatic rings. The van der Waals surface area contributed by atoms with E-state index in [4.69, 9.17) is 9.05 Å². The van der Waals surface area contributed by atoms with E-state index in [-0.39, 0.29) is 0 Å². The maximum absolute atomic E-state index is 12.1. The van der Waals surface area contributed by atoms with E-state index in [0.717, 1.165) is 25.7 Å². The van der Waals surface area contributed by atoms with Crippen molar-refractivity contribution in [2.75, 3.05) is 13.2 Å². The minimum absolute atomic E-state index is 0.537. The van der Waals surface area contributed by atoms with Gasteiger partial charge in [-0.15, -0.1) is 0 Å². The molecule has 0 aliphatic heterocycles. The van der Waals surface area contributed by atoms with Gasteiger partial charge in [0.25, 0.3) is 0 Å². The predicted octanol–water partition coefficient (Wildman–Crippen LogP) is 7.40. The van der Waals surface area contributed by atoms with Gasteiger partial charge in [-0.2, -0.15) is 0 Å². The zero-order valence-corrected chi connectivity index (χ0v) is 17.8. The first-order chi connectivity index (χ1) is 11.7. The predicted molar refractivity (Wildman–Crippen MR) is 106 cm³/mol. The van der Waals surface area contributed by atoms with Gasteiger partial charge in [0.05, 0.1) is 13.2 Å². The van der Waals surface area contributed by atoms with Crippen molar-refractivity contribution in [2.24, 2.45) is 11.8 Å². The van der Waals surface area contributed by atoms with Crippen molar-refractivity contribution in [3.8, 4) is 0 Å². The lowest BCUT2D eigenvalue weighted by Crippen LogP contribution is -2.10. The SMILES string of the molecule is CCCCCC(CCC)CO[PH](=O)OCC(CCC)CCCCC. The van der Waals surface area contributed by atoms with Crippen LogP contribution in [0.2, 0.25) is 0 Å². The summed E-state index contributed by atoms with van der Waals surface area (Å²) in [6, 6.07) is 0. The monoisotopic (exact) mass is 362 g/mol. The van der Waals surface area contributed by atoms with Crippen LogP contribution in [0, 0.1) is 11.8 Å². The summed E-state index contributed by atoms with van der Waals surface area (Å²) in [7, 11) is -2.33. The van der Waals surface area contributed by atoms with Crippen LogP contribution < -0.4 is 0 Å². The fourth-order valence-corrected chi connectivity index (χ4v) is 4.04. The summed E-state index contributed by atoms with van der Waals surface area (Å²) in [5.74, 6) is 1.07. The standard InChI is InChI=1S/C20H43O3P/c1-5-9-11-15-19(13-7-3)17-22-24(21)23-18-20(14-8-4)16-12-10-6-2/h19-20,24H,5-18H2,1-4H3. The molecule has 0 aromatic heterocycles. The van der Waals surface area contributed by atoms with Crippen molar-refractivity contribution < 1.29 is 13.6 Å². The van der Waals surface area contributed by atoms with Gasteiger partial charge < -0.3 is 9.05 Å². The molecule has 24 heavy (non-hydrogen) atoms. The molecule has 0 aliphatic rings. The Labute approximate surface area is 152 Å². The molecule has 146 valence electrons. The first-order valence-corrected chi connectivity index (χ1v) is 11.7. The fourth-order valence-electron chi connectivity index (χ4n) is 3.22. The van der Waals surface area contributed by atoms with E-state index in [1.54, 1.807) is 0 Å². The van der Waals surface area contributed by atoms with Crippen LogP contribution in [0.3, 0.4) is 0 Å². The molecule has 0 rings (SSSR count). The number of hydrogen-bond donors (Lipinski definition) is 0. The van der Waals surface area contributed by atoms with Crippen LogP contribution in [0.4, 0.5) is 0 Å². The average molecular weight is 363 g/mol. The molecule has 0 heterocycles. The zero-order chi connectivity index (χ0) is 18.0. The second-order valence-corrected chi connectivity index (χ2v) is 8.25. The zero-order valence-electron chi connectivity index (χ0n) is 16.8. The first-order valence-electron chi connectivity index (χ1n) is 10.5. The second-order valence-electron chi connectivity index (χ2n) is 7.17. The minimum atomic E-state index is -2.33. The quantitative estimate of drug-likeness (QED) is 0.188. The van der Waals surface area contributed by atoms with Crippen LogP contribution in [0.1, 0.15) is 105 Å². The van der Waals surface area contributed by atoms with Crippen LogP contribution >= 0.6 is 8.25 Å². The maximum atomic E-state index is 12.1. The smallest absolute Gasteiger partial charge is 0.310 e. The summed E-state index contributed by atoms with van der Waals surface area (Å²) in [5, 5.41) is 0. The Balaban J connectivity index is 4.00. The van der Waals surface area contributed by atoms with Crippen molar-refractivity contribution in [3.63, 3.8) is 0 Å². The molecule has 2 unspecified atom stereocenters. The molecule has 0 aliphatic carbocycles. The molecular weight excluding hydrogens is 319 g/mol. The highest BCUT2D eigenvalue weighted by Crippen LogP contribution is 2.29. The third-order valence-electron chi connectivity index (χ3n) is 4.70. The lowest BCUT2D eigenvalue weighted by atomic mass is 9.98. The molecule has 0 spiro atoms. The Morgan fingerprint density at radius 3 is 1.38 bits per heavy atom. The fraction of sp³-hybridized carbons (Fsp3) is 1.00. The van der Waals surface area contributed by atoms with E-state index in [1.165, 1.54) is 51.4 Å². The normalized spacial score (nSPS) is 15.3. The third kappa shape index (κ3) is 14.5. The van der Waals surface area contributed by atoms with Gasteiger partial charge in [0, 0.05) is 0 Å². The number of rotatable bonds is 18. The molecule has 0 saturated carbocycles. The Bertz CT molecular complexity index is 258. The summed E-state index contributed by atoms with van der Waals surface area (Å²) < 4.78 is 23.2. The third-order valence-corrected chi connectivity index (χ3v) is 5.50. The molecule has 0 radical (unpaired) electrons. The van der Waals surface area contributed by atoms with Gasteiger partial charge in [-0.05, 0) is 37.5 Å². The maximum Gasteiger partial charge on any atom is 0.319 e. The van der Waals surface area contributed by atoms with Gasteiger partial charge in [-0.3, -0.25) is 4.57 Å². The molecule has 0 amide bonds. The van der Waals surface area contributed by atoms with Gasteiger partial charge in [-0.1, -0.05) is 79.1 Å². The summed E-state index contributed by atoms with van der Waals surface area (Å²) in [4.78, 5) is 0. The molecule has 0 saturated heterocycles. The molecule has 0 aromatic carbocycles. The van der Waals surface area contributed by atoms with Crippen LogP contribution in [-0.2, 0) is 13.6 Å². The Morgan fingerprint density at radius 1 is 0.625 bits per heavy atom. The van der Waals surface area contributed by atoms with E-state index in [2.05, 4.69) is 27.7 Å². The molecular formula is C20H43O3P. The van der Waals surface area contributed by atoms with Crippen LogP contribution in [-0.4, -0.2) is 13.2 Å². The highest BCUT2D eigenvalue weighted by Gasteiger charge is 2.13. The summed E-state index contributed by atoms with van der Waals surface area (Å²) in [5.41, 5.74) is 0. The lowest BCUT2D eigenvalue weighted by Gasteiger charge is -2.18. The minimum Gasteiger partial charge on any atom is -0.310 e. The molecule has 3 nitrogen and oxygen atoms in total. The van der Waals surface area contributed by atoms with Crippen LogP contribution in [0.15, 0.2) is 0 Å². The van der Waals surface area contributed by atoms with Crippen molar-refractivity contribution in [2.45, 2.75) is 105 Å². The first kappa shape index (κ1) is 24.1. The highest BCUT2D eigenvalue weighted by atomic mass is 31.1. The van der Waals surface area contributed by atoms with Crippen LogP contribution in [0.5, 0.6) is 0 Å². The van der Waals surface area contributed by atoms with Gasteiger partial charge >= 0.3 is 8.25 Å². The lowest BCUT2D eigenvalue weighted by molar-refractivity contribution is 0.163. The van der Waals surface area contributed by atoms with Crippen molar-refractivity contribution in [1.82, 2.24) is 0 Å². The van der Waals surface area contributed by atoms with Gasteiger partial charge in [0.1, 0.15) is 0 Å². The largest absolute Gasteiger partial charge is 0.319 e. The molecule has 2 atom stereocenters. The molecule has 0 fully saturated rings. The number of hydrogen-bond acceptors (Lipinski definition) is 3. The Hall–Kier alpha value is 0.150.